The molecule has 0 saturated heterocycles. The third-order valence-corrected chi connectivity index (χ3v) is 3.11. The van der Waals surface area contributed by atoms with Crippen LogP contribution in [-0.4, -0.2) is 15.7 Å². The summed E-state index contributed by atoms with van der Waals surface area (Å²) in [6, 6.07) is 4.96. The number of nitrogens with one attached hydrogen (secondary N) is 1. The van der Waals surface area contributed by atoms with Crippen LogP contribution in [0.15, 0.2) is 30.6 Å². The van der Waals surface area contributed by atoms with Crippen molar-refractivity contribution in [3.05, 3.63) is 40.6 Å². The molecule has 5 nitrogen and oxygen atoms in total. The number of rotatable bonds is 5. The molecule has 0 bridgehead atoms. The summed E-state index contributed by atoms with van der Waals surface area (Å²) in [4.78, 5) is 11.8. The number of aryl methyl sites for hydroxylation is 1. The highest BCUT2D eigenvalue weighted by Crippen LogP contribution is 2.22. The Kier molecular flexibility index (Phi) is 4.87. The molecule has 1 aromatic carbocycles. The first kappa shape index (κ1) is 14.7. The Bertz CT molecular complexity index is 612. The van der Waals surface area contributed by atoms with Gasteiger partial charge in [0.25, 0.3) is 0 Å². The molecule has 0 spiro atoms. The average molecular weight is 313 g/mol. The zero-order valence-corrected chi connectivity index (χ0v) is 12.2. The lowest BCUT2D eigenvalue weighted by Gasteiger charge is -2.08. The second-order valence-corrected chi connectivity index (χ2v) is 5.18. The predicted molar refractivity (Wildman–Crippen MR) is 81.0 cm³/mol. The summed E-state index contributed by atoms with van der Waals surface area (Å²) in [7, 11) is 0. The van der Waals surface area contributed by atoms with Crippen molar-refractivity contribution in [3.63, 3.8) is 0 Å². The number of hydrogen-bond acceptors (Lipinski definition) is 3. The zero-order valence-electron chi connectivity index (χ0n) is 10.6. The van der Waals surface area contributed by atoms with E-state index in [2.05, 4.69) is 10.4 Å². The number of benzene rings is 1. The summed E-state index contributed by atoms with van der Waals surface area (Å²) in [6.45, 7) is 0.635. The second-order valence-electron chi connectivity index (χ2n) is 4.30. The number of carbonyl (C=O) groups excluding carboxylic acids is 1. The number of nitrogens with zero attached hydrogens (tertiary/aromatic N) is 2. The third kappa shape index (κ3) is 4.15. The fraction of sp³-hybridized carbons (Fsp3) is 0.231. The lowest BCUT2D eigenvalue weighted by atomic mass is 10.2. The molecule has 20 heavy (non-hydrogen) atoms. The standard InChI is InChI=1S/C13H14Cl2N4O/c14-9-3-4-12(11(16)6-9)18-13(20)2-1-5-19-8-10(15)7-17-19/h3-4,6-8H,1-2,5,16H2,(H,18,20). The highest BCUT2D eigenvalue weighted by Gasteiger charge is 2.06. The van der Waals surface area contributed by atoms with Crippen LogP contribution in [-0.2, 0) is 11.3 Å². The summed E-state index contributed by atoms with van der Waals surface area (Å²) < 4.78 is 1.70. The Morgan fingerprint density at radius 3 is 2.80 bits per heavy atom. The number of hydrogen-bond donors (Lipinski definition) is 2. The minimum absolute atomic E-state index is 0.0997. The van der Waals surface area contributed by atoms with Crippen molar-refractivity contribution < 1.29 is 4.79 Å². The van der Waals surface area contributed by atoms with Crippen LogP contribution in [0.3, 0.4) is 0 Å². The number of nitrogens with two attached hydrogens (primary N) is 1. The van der Waals surface area contributed by atoms with E-state index < -0.39 is 0 Å². The largest absolute Gasteiger partial charge is 0.397 e. The van der Waals surface area contributed by atoms with Crippen molar-refractivity contribution >= 4 is 40.5 Å². The van der Waals surface area contributed by atoms with Gasteiger partial charge in [0.15, 0.2) is 0 Å². The number of aromatic nitrogens is 2. The van der Waals surface area contributed by atoms with Crippen molar-refractivity contribution in [2.24, 2.45) is 0 Å². The number of anilines is 2. The first-order valence-electron chi connectivity index (χ1n) is 6.07. The fourth-order valence-electron chi connectivity index (χ4n) is 1.72. The summed E-state index contributed by atoms with van der Waals surface area (Å²) >= 11 is 11.5. The fourth-order valence-corrected chi connectivity index (χ4v) is 2.06. The lowest BCUT2D eigenvalue weighted by molar-refractivity contribution is -0.116. The molecule has 2 rings (SSSR count). The van der Waals surface area contributed by atoms with Crippen molar-refractivity contribution in [3.8, 4) is 0 Å². The Morgan fingerprint density at radius 2 is 2.15 bits per heavy atom. The molecule has 1 amide bonds. The minimum Gasteiger partial charge on any atom is -0.397 e. The van der Waals surface area contributed by atoms with E-state index in [1.54, 1.807) is 35.3 Å². The van der Waals surface area contributed by atoms with Gasteiger partial charge in [-0.1, -0.05) is 23.2 Å². The van der Waals surface area contributed by atoms with E-state index in [0.29, 0.717) is 40.8 Å². The summed E-state index contributed by atoms with van der Waals surface area (Å²) in [5, 5.41) is 7.91. The predicted octanol–water partition coefficient (Wildman–Crippen LogP) is 3.19. The molecular weight excluding hydrogens is 299 g/mol. The normalized spacial score (nSPS) is 10.5. The molecule has 1 heterocycles. The molecule has 0 aliphatic rings. The SMILES string of the molecule is Nc1cc(Cl)ccc1NC(=O)CCCn1cc(Cl)cn1. The molecule has 0 radical (unpaired) electrons. The maximum absolute atomic E-state index is 11.8. The van der Waals surface area contributed by atoms with Crippen molar-refractivity contribution in [1.82, 2.24) is 9.78 Å². The van der Waals surface area contributed by atoms with Gasteiger partial charge >= 0.3 is 0 Å². The maximum Gasteiger partial charge on any atom is 0.224 e. The minimum atomic E-state index is -0.0997. The number of nitrogen functional groups attached to an aromatic ring is 1. The van der Waals surface area contributed by atoms with Gasteiger partial charge in [-0.15, -0.1) is 0 Å². The smallest absolute Gasteiger partial charge is 0.224 e. The van der Waals surface area contributed by atoms with Gasteiger partial charge in [0.2, 0.25) is 5.91 Å². The summed E-state index contributed by atoms with van der Waals surface area (Å²) in [6.07, 6.45) is 4.32. The van der Waals surface area contributed by atoms with Gasteiger partial charge in [-0.25, -0.2) is 0 Å². The van der Waals surface area contributed by atoms with Crippen molar-refractivity contribution in [2.75, 3.05) is 11.1 Å². The van der Waals surface area contributed by atoms with E-state index >= 15 is 0 Å². The van der Waals surface area contributed by atoms with Crippen LogP contribution in [0, 0.1) is 0 Å². The molecule has 0 saturated carbocycles. The highest BCUT2D eigenvalue weighted by atomic mass is 35.5. The van der Waals surface area contributed by atoms with Crippen LogP contribution in [0.4, 0.5) is 11.4 Å². The van der Waals surface area contributed by atoms with Crippen LogP contribution >= 0.6 is 23.2 Å². The van der Waals surface area contributed by atoms with Gasteiger partial charge in [-0.2, -0.15) is 5.10 Å². The molecule has 3 N–H and O–H groups in total. The van der Waals surface area contributed by atoms with Crippen molar-refractivity contribution in [1.29, 1.82) is 0 Å². The molecular formula is C13H14Cl2N4O. The van der Waals surface area contributed by atoms with Crippen LogP contribution in [0.1, 0.15) is 12.8 Å². The summed E-state index contributed by atoms with van der Waals surface area (Å²) in [5.74, 6) is -0.0997. The lowest BCUT2D eigenvalue weighted by Crippen LogP contribution is -2.13. The number of amides is 1. The molecule has 0 fully saturated rings. The average Bonchev–Trinajstić information content (AvgIpc) is 2.79. The Morgan fingerprint density at radius 1 is 1.35 bits per heavy atom. The molecule has 1 aromatic heterocycles. The highest BCUT2D eigenvalue weighted by molar-refractivity contribution is 6.31. The van der Waals surface area contributed by atoms with Gasteiger partial charge < -0.3 is 11.1 Å². The molecule has 7 heteroatoms. The quantitative estimate of drug-likeness (QED) is 0.833. The van der Waals surface area contributed by atoms with E-state index in [-0.39, 0.29) is 5.91 Å². The Hall–Kier alpha value is -1.72. The van der Waals surface area contributed by atoms with Crippen LogP contribution in [0.2, 0.25) is 10.0 Å². The van der Waals surface area contributed by atoms with Crippen LogP contribution in [0.5, 0.6) is 0 Å². The maximum atomic E-state index is 11.8. The van der Waals surface area contributed by atoms with E-state index in [1.807, 2.05) is 0 Å². The first-order chi connectivity index (χ1) is 9.54. The number of carbonyl (C=O) groups is 1. The van der Waals surface area contributed by atoms with Crippen molar-refractivity contribution in [2.45, 2.75) is 19.4 Å². The number of halogens is 2. The summed E-state index contributed by atoms with van der Waals surface area (Å²) in [5.41, 5.74) is 6.78. The molecule has 0 aliphatic heterocycles. The van der Waals surface area contributed by atoms with Gasteiger partial charge in [0, 0.05) is 24.2 Å². The van der Waals surface area contributed by atoms with Gasteiger partial charge in [0.05, 0.1) is 22.6 Å². The van der Waals surface area contributed by atoms with E-state index in [0.717, 1.165) is 0 Å². The first-order valence-corrected chi connectivity index (χ1v) is 6.83. The van der Waals surface area contributed by atoms with Gasteiger partial charge in [0.1, 0.15) is 0 Å². The van der Waals surface area contributed by atoms with Gasteiger partial charge in [-0.3, -0.25) is 9.48 Å². The zero-order chi connectivity index (χ0) is 14.5. The monoisotopic (exact) mass is 312 g/mol. The molecule has 106 valence electrons. The van der Waals surface area contributed by atoms with Gasteiger partial charge in [-0.05, 0) is 24.6 Å². The van der Waals surface area contributed by atoms with E-state index in [4.69, 9.17) is 28.9 Å². The molecule has 2 aromatic rings. The molecule has 0 atom stereocenters. The second kappa shape index (κ2) is 6.63. The van der Waals surface area contributed by atoms with E-state index in [9.17, 15) is 4.79 Å². The molecule has 0 aliphatic carbocycles. The topological polar surface area (TPSA) is 72.9 Å². The molecule has 0 unspecified atom stereocenters. The Balaban J connectivity index is 1.80. The van der Waals surface area contributed by atoms with Crippen LogP contribution in [0.25, 0.3) is 0 Å². The Labute approximate surface area is 126 Å². The third-order valence-electron chi connectivity index (χ3n) is 2.68. The van der Waals surface area contributed by atoms with Crippen LogP contribution < -0.4 is 11.1 Å². The van der Waals surface area contributed by atoms with E-state index in [1.165, 1.54) is 0 Å².